The van der Waals surface area contributed by atoms with Gasteiger partial charge in [0.25, 0.3) is 0 Å². The predicted molar refractivity (Wildman–Crippen MR) is 107 cm³/mol. The van der Waals surface area contributed by atoms with Gasteiger partial charge in [-0.2, -0.15) is 0 Å². The van der Waals surface area contributed by atoms with Crippen molar-refractivity contribution in [1.29, 1.82) is 0 Å². The number of esters is 2. The topological polar surface area (TPSA) is 64.6 Å². The molecule has 1 N–H and O–H groups in total. The molecule has 0 saturated carbocycles. The van der Waals surface area contributed by atoms with E-state index in [9.17, 15) is 9.59 Å². The highest BCUT2D eigenvalue weighted by atomic mass is 16.5. The first-order valence-corrected chi connectivity index (χ1v) is 9.55. The Morgan fingerprint density at radius 3 is 2.54 bits per heavy atom. The van der Waals surface area contributed by atoms with Gasteiger partial charge >= 0.3 is 11.9 Å². The summed E-state index contributed by atoms with van der Waals surface area (Å²) in [6.07, 6.45) is 5.40. The van der Waals surface area contributed by atoms with E-state index < -0.39 is 0 Å². The van der Waals surface area contributed by atoms with Crippen molar-refractivity contribution in [2.45, 2.75) is 25.3 Å². The zero-order chi connectivity index (χ0) is 19.7. The van der Waals surface area contributed by atoms with Crippen molar-refractivity contribution in [2.24, 2.45) is 5.92 Å². The van der Waals surface area contributed by atoms with Crippen LogP contribution in [-0.2, 0) is 9.47 Å². The molecule has 0 radical (unpaired) electrons. The lowest BCUT2D eigenvalue weighted by molar-refractivity contribution is 0.0525. The standard InChI is InChI=1S/C23H23NO4/c1-3-28-23(26)16-11-12-20-19(13-16)17-5-4-6-18(17)21(24-20)14-7-9-15(10-8-14)22(25)27-2/h4-5,7-13,17-18,21,24H,3,6H2,1-2H3/t17-,18-,21-/m0/s1. The van der Waals surface area contributed by atoms with E-state index in [4.69, 9.17) is 9.47 Å². The number of hydrogen-bond acceptors (Lipinski definition) is 5. The van der Waals surface area contributed by atoms with E-state index in [2.05, 4.69) is 17.5 Å². The summed E-state index contributed by atoms with van der Waals surface area (Å²) in [7, 11) is 1.38. The molecule has 144 valence electrons. The maximum atomic E-state index is 12.1. The molecule has 1 heterocycles. The molecule has 2 aromatic rings. The highest BCUT2D eigenvalue weighted by Gasteiger charge is 2.38. The quantitative estimate of drug-likeness (QED) is 0.629. The van der Waals surface area contributed by atoms with E-state index in [1.807, 2.05) is 31.2 Å². The molecule has 5 nitrogen and oxygen atoms in total. The molecule has 4 rings (SSSR count). The number of allylic oxidation sites excluding steroid dienone is 2. The van der Waals surface area contributed by atoms with Crippen molar-refractivity contribution < 1.29 is 19.1 Å². The number of methoxy groups -OCH3 is 1. The van der Waals surface area contributed by atoms with Crippen molar-refractivity contribution in [3.05, 3.63) is 76.9 Å². The molecular weight excluding hydrogens is 354 g/mol. The molecule has 2 aromatic carbocycles. The summed E-state index contributed by atoms with van der Waals surface area (Å²) in [5, 5.41) is 3.64. The predicted octanol–water partition coefficient (Wildman–Crippen LogP) is 4.48. The molecule has 0 amide bonds. The molecule has 0 unspecified atom stereocenters. The molecule has 1 aliphatic carbocycles. The Morgan fingerprint density at radius 1 is 1.07 bits per heavy atom. The number of nitrogens with one attached hydrogen (secondary N) is 1. The van der Waals surface area contributed by atoms with Gasteiger partial charge in [-0.15, -0.1) is 0 Å². The lowest BCUT2D eigenvalue weighted by atomic mass is 9.76. The fourth-order valence-corrected chi connectivity index (χ4v) is 4.21. The average molecular weight is 377 g/mol. The molecular formula is C23H23NO4. The first-order valence-electron chi connectivity index (χ1n) is 9.55. The Hall–Kier alpha value is -3.08. The third-order valence-corrected chi connectivity index (χ3v) is 5.56. The first kappa shape index (κ1) is 18.3. The Balaban J connectivity index is 1.65. The van der Waals surface area contributed by atoms with E-state index in [-0.39, 0.29) is 23.9 Å². The van der Waals surface area contributed by atoms with Crippen LogP contribution in [-0.4, -0.2) is 25.7 Å². The minimum Gasteiger partial charge on any atom is -0.465 e. The molecule has 0 saturated heterocycles. The summed E-state index contributed by atoms with van der Waals surface area (Å²) >= 11 is 0. The number of carbonyl (C=O) groups is 2. The van der Waals surface area contributed by atoms with Crippen LogP contribution in [0.5, 0.6) is 0 Å². The Bertz CT molecular complexity index is 932. The Morgan fingerprint density at radius 2 is 1.82 bits per heavy atom. The van der Waals surface area contributed by atoms with Crippen LogP contribution in [0, 0.1) is 5.92 Å². The number of rotatable bonds is 4. The second kappa shape index (κ2) is 7.50. The monoisotopic (exact) mass is 377 g/mol. The smallest absolute Gasteiger partial charge is 0.338 e. The fourth-order valence-electron chi connectivity index (χ4n) is 4.21. The van der Waals surface area contributed by atoms with Crippen molar-refractivity contribution in [3.8, 4) is 0 Å². The van der Waals surface area contributed by atoms with Crippen molar-refractivity contribution in [3.63, 3.8) is 0 Å². The van der Waals surface area contributed by atoms with Crippen LogP contribution < -0.4 is 5.32 Å². The van der Waals surface area contributed by atoms with Gasteiger partial charge < -0.3 is 14.8 Å². The van der Waals surface area contributed by atoms with Crippen LogP contribution in [0.4, 0.5) is 5.69 Å². The molecule has 0 bridgehead atoms. The lowest BCUT2D eigenvalue weighted by Gasteiger charge is -2.37. The summed E-state index contributed by atoms with van der Waals surface area (Å²) in [5.74, 6) is -0.0189. The number of fused-ring (bicyclic) bond motifs is 3. The number of benzene rings is 2. The van der Waals surface area contributed by atoms with Crippen molar-refractivity contribution >= 4 is 17.6 Å². The van der Waals surface area contributed by atoms with E-state index in [1.165, 1.54) is 7.11 Å². The summed E-state index contributed by atoms with van der Waals surface area (Å²) in [5.41, 5.74) is 4.42. The summed E-state index contributed by atoms with van der Waals surface area (Å²) in [4.78, 5) is 23.8. The van der Waals surface area contributed by atoms with Crippen LogP contribution in [0.25, 0.3) is 0 Å². The molecule has 5 heteroatoms. The second-order valence-corrected chi connectivity index (χ2v) is 7.11. The highest BCUT2D eigenvalue weighted by Crippen LogP contribution is 2.49. The third kappa shape index (κ3) is 3.17. The maximum absolute atomic E-state index is 12.1. The normalized spacial score (nSPS) is 22.0. The van der Waals surface area contributed by atoms with Crippen molar-refractivity contribution in [2.75, 3.05) is 19.0 Å². The van der Waals surface area contributed by atoms with Gasteiger partial charge in [-0.3, -0.25) is 0 Å². The van der Waals surface area contributed by atoms with Crippen LogP contribution in [0.2, 0.25) is 0 Å². The van der Waals surface area contributed by atoms with Gasteiger partial charge in [0, 0.05) is 11.6 Å². The minimum atomic E-state index is -0.333. The SMILES string of the molecule is CCOC(=O)c1ccc2c(c1)[C@H]1C=CC[C@@H]1[C@H](c1ccc(C(=O)OC)cc1)N2. The molecule has 0 spiro atoms. The molecule has 28 heavy (non-hydrogen) atoms. The first-order chi connectivity index (χ1) is 13.6. The van der Waals surface area contributed by atoms with Gasteiger partial charge in [0.05, 0.1) is 30.9 Å². The number of ether oxygens (including phenoxy) is 2. The highest BCUT2D eigenvalue weighted by molar-refractivity contribution is 5.91. The molecule has 0 aromatic heterocycles. The van der Waals surface area contributed by atoms with Gasteiger partial charge in [0.15, 0.2) is 0 Å². The van der Waals surface area contributed by atoms with E-state index >= 15 is 0 Å². The van der Waals surface area contributed by atoms with Crippen LogP contribution >= 0.6 is 0 Å². The Kier molecular flexibility index (Phi) is 4.90. The van der Waals surface area contributed by atoms with Gasteiger partial charge in [-0.1, -0.05) is 24.3 Å². The van der Waals surface area contributed by atoms with Gasteiger partial charge in [-0.25, -0.2) is 9.59 Å². The average Bonchev–Trinajstić information content (AvgIpc) is 3.23. The number of hydrogen-bond donors (Lipinski definition) is 1. The summed E-state index contributed by atoms with van der Waals surface area (Å²) in [6.45, 7) is 2.17. The third-order valence-electron chi connectivity index (χ3n) is 5.56. The zero-order valence-corrected chi connectivity index (χ0v) is 16.0. The van der Waals surface area contributed by atoms with Crippen LogP contribution in [0.15, 0.2) is 54.6 Å². The zero-order valence-electron chi connectivity index (χ0n) is 16.0. The van der Waals surface area contributed by atoms with E-state index in [1.54, 1.807) is 18.2 Å². The van der Waals surface area contributed by atoms with E-state index in [0.717, 1.165) is 23.2 Å². The van der Waals surface area contributed by atoms with Crippen LogP contribution in [0.1, 0.15) is 57.1 Å². The van der Waals surface area contributed by atoms with Gasteiger partial charge in [0.2, 0.25) is 0 Å². The maximum Gasteiger partial charge on any atom is 0.338 e. The van der Waals surface area contributed by atoms with E-state index in [0.29, 0.717) is 23.7 Å². The molecule has 0 fully saturated rings. The summed E-state index contributed by atoms with van der Waals surface area (Å²) in [6, 6.07) is 13.4. The second-order valence-electron chi connectivity index (χ2n) is 7.11. The van der Waals surface area contributed by atoms with Crippen molar-refractivity contribution in [1.82, 2.24) is 0 Å². The number of anilines is 1. The minimum absolute atomic E-state index is 0.132. The largest absolute Gasteiger partial charge is 0.465 e. The fraction of sp³-hybridized carbons (Fsp3) is 0.304. The molecule has 1 aliphatic heterocycles. The Labute approximate surface area is 164 Å². The van der Waals surface area contributed by atoms with Gasteiger partial charge in [0.1, 0.15) is 0 Å². The summed E-state index contributed by atoms with van der Waals surface area (Å²) < 4.78 is 9.93. The molecule has 3 atom stereocenters. The lowest BCUT2D eigenvalue weighted by Crippen LogP contribution is -2.29. The number of carbonyl (C=O) groups excluding carboxylic acids is 2. The van der Waals surface area contributed by atoms with Crippen LogP contribution in [0.3, 0.4) is 0 Å². The molecule has 2 aliphatic rings. The van der Waals surface area contributed by atoms with Gasteiger partial charge in [-0.05, 0) is 60.7 Å².